The highest BCUT2D eigenvalue weighted by Crippen LogP contribution is 2.47. The average molecular weight is 584 g/mol. The van der Waals surface area contributed by atoms with Gasteiger partial charge >= 0.3 is 6.18 Å². The smallest absolute Gasteiger partial charge is 0.418 e. The van der Waals surface area contributed by atoms with Gasteiger partial charge in [-0.3, -0.25) is 4.79 Å². The molecule has 0 radical (unpaired) electrons. The van der Waals surface area contributed by atoms with Gasteiger partial charge < -0.3 is 19.8 Å². The second-order valence-electron chi connectivity index (χ2n) is 10.9. The van der Waals surface area contributed by atoms with E-state index in [4.69, 9.17) is 14.3 Å². The fourth-order valence-electron chi connectivity index (χ4n) is 6.19. The topological polar surface area (TPSA) is 97.5 Å². The molecule has 41 heavy (non-hydrogen) atoms. The highest BCUT2D eigenvalue weighted by Gasteiger charge is 2.52. The van der Waals surface area contributed by atoms with Crippen molar-refractivity contribution >= 4 is 28.1 Å². The molecule has 0 spiro atoms. The molecule has 3 aromatic heterocycles. The van der Waals surface area contributed by atoms with Gasteiger partial charge in [0.1, 0.15) is 5.69 Å². The van der Waals surface area contributed by atoms with Crippen molar-refractivity contribution in [2.75, 3.05) is 17.2 Å². The lowest BCUT2D eigenvalue weighted by Crippen LogP contribution is -2.34. The molecule has 7 rings (SSSR count). The number of aromatic nitrogens is 3. The molecule has 4 heterocycles. The van der Waals surface area contributed by atoms with Crippen molar-refractivity contribution < 1.29 is 27.1 Å². The zero-order chi connectivity index (χ0) is 28.4. The number of hydrogen-bond donors (Lipinski definition) is 2. The molecule has 1 atom stereocenters. The number of fused-ring (bicyclic) bond motifs is 3. The predicted octanol–water partition coefficient (Wildman–Crippen LogP) is 7.05. The van der Waals surface area contributed by atoms with Crippen molar-refractivity contribution in [3.8, 4) is 27.7 Å². The monoisotopic (exact) mass is 583 g/mol. The van der Waals surface area contributed by atoms with Crippen LogP contribution in [0.2, 0.25) is 0 Å². The maximum absolute atomic E-state index is 14.7. The van der Waals surface area contributed by atoms with Crippen molar-refractivity contribution in [3.63, 3.8) is 0 Å². The molecule has 1 unspecified atom stereocenters. The number of amides is 1. The van der Waals surface area contributed by atoms with Crippen LogP contribution in [0.3, 0.4) is 0 Å². The average Bonchev–Trinajstić information content (AvgIpc) is 3.27. The number of alkyl halides is 3. The summed E-state index contributed by atoms with van der Waals surface area (Å²) in [4.78, 5) is 16.9. The molecular weight excluding hydrogens is 555 g/mol. The number of aryl methyl sites for hydroxylation is 1. The second kappa shape index (κ2) is 9.73. The van der Waals surface area contributed by atoms with E-state index in [1.807, 2.05) is 0 Å². The molecule has 4 aromatic rings. The summed E-state index contributed by atoms with van der Waals surface area (Å²) in [7, 11) is 0. The van der Waals surface area contributed by atoms with Gasteiger partial charge in [0.05, 0.1) is 40.4 Å². The van der Waals surface area contributed by atoms with E-state index in [0.717, 1.165) is 37.3 Å². The number of thiazole rings is 1. The lowest BCUT2D eigenvalue weighted by atomic mass is 9.84. The Morgan fingerprint density at radius 1 is 1.17 bits per heavy atom. The maximum Gasteiger partial charge on any atom is 0.418 e. The molecule has 2 fully saturated rings. The van der Waals surface area contributed by atoms with Crippen molar-refractivity contribution in [1.29, 1.82) is 0 Å². The molecule has 8 nitrogen and oxygen atoms in total. The van der Waals surface area contributed by atoms with Crippen LogP contribution in [0, 0.1) is 5.92 Å². The molecule has 1 aliphatic heterocycles. The minimum atomic E-state index is -4.65. The summed E-state index contributed by atoms with van der Waals surface area (Å²) in [6.07, 6.45) is 3.35. The third kappa shape index (κ3) is 4.72. The summed E-state index contributed by atoms with van der Waals surface area (Å²) >= 11 is 1.23. The second-order valence-corrected chi connectivity index (χ2v) is 11.9. The number of rotatable bonds is 6. The quantitative estimate of drug-likeness (QED) is 0.236. The van der Waals surface area contributed by atoms with E-state index >= 15 is 0 Å². The van der Waals surface area contributed by atoms with E-state index < -0.39 is 17.5 Å². The summed E-state index contributed by atoms with van der Waals surface area (Å²) in [5, 5.41) is 11.1. The molecule has 1 aromatic carbocycles. The Morgan fingerprint density at radius 2 is 1.98 bits per heavy atom. The number of nitrogens with one attached hydrogen (secondary N) is 2. The third-order valence-electron chi connectivity index (χ3n) is 8.15. The number of ether oxygens (including phenoxy) is 1. The fourth-order valence-corrected chi connectivity index (χ4v) is 7.30. The Balaban J connectivity index is 1.35. The van der Waals surface area contributed by atoms with Gasteiger partial charge in [0.15, 0.2) is 16.6 Å². The number of hydrogen-bond acceptors (Lipinski definition) is 7. The number of epoxide rings is 1. The number of carbonyl (C=O) groups is 1. The highest BCUT2D eigenvalue weighted by molar-refractivity contribution is 7.19. The first-order chi connectivity index (χ1) is 19.7. The van der Waals surface area contributed by atoms with Crippen LogP contribution in [0.25, 0.3) is 27.7 Å². The lowest BCUT2D eigenvalue weighted by molar-refractivity contribution is -0.137. The standard InChI is InChI=1S/C29H28F3N5O3S/c1-16(38)33-27-34-21-11-10-19-24(23-8-5-13-39-23)36-37(25(19)26(21)41-27)22-12-9-18(14-20(22)29(30,31)32)35-28(15-40-28)17-6-3-2-4-7-17/h5,8-9,12-14,17,35H,2-4,6-7,10-11,15H2,1H3,(H,33,34,38). The largest absolute Gasteiger partial charge is 0.463 e. The van der Waals surface area contributed by atoms with Crippen LogP contribution in [0.15, 0.2) is 41.0 Å². The molecule has 1 saturated carbocycles. The van der Waals surface area contributed by atoms with Gasteiger partial charge in [-0.25, -0.2) is 9.67 Å². The number of nitrogens with zero attached hydrogens (tertiary/aromatic N) is 3. The minimum absolute atomic E-state index is 0.0946. The number of carbonyl (C=O) groups excluding carboxylic acids is 1. The SMILES string of the molecule is CC(=O)Nc1nc2c(s1)-c1c(c(-c3ccco3)nn1-c1ccc(NC3(C4CCCCC4)CO3)cc1C(F)(F)F)CC2. The molecule has 3 aliphatic rings. The van der Waals surface area contributed by atoms with Crippen LogP contribution in [-0.2, 0) is 28.5 Å². The van der Waals surface area contributed by atoms with Gasteiger partial charge in [-0.2, -0.15) is 18.3 Å². The summed E-state index contributed by atoms with van der Waals surface area (Å²) in [6.45, 7) is 1.88. The van der Waals surface area contributed by atoms with Gasteiger partial charge in [-0.05, 0) is 56.0 Å². The van der Waals surface area contributed by atoms with Crippen molar-refractivity contribution in [2.24, 2.45) is 5.92 Å². The van der Waals surface area contributed by atoms with Gasteiger partial charge in [-0.15, -0.1) is 0 Å². The summed E-state index contributed by atoms with van der Waals surface area (Å²) in [6, 6.07) is 7.75. The van der Waals surface area contributed by atoms with Crippen molar-refractivity contribution in [2.45, 2.75) is 63.8 Å². The molecule has 1 saturated heterocycles. The van der Waals surface area contributed by atoms with Gasteiger partial charge in [0, 0.05) is 24.1 Å². The van der Waals surface area contributed by atoms with Crippen LogP contribution in [-0.4, -0.2) is 33.0 Å². The van der Waals surface area contributed by atoms with E-state index in [1.165, 1.54) is 41.7 Å². The highest BCUT2D eigenvalue weighted by atomic mass is 32.1. The minimum Gasteiger partial charge on any atom is -0.463 e. The fraction of sp³-hybridized carbons (Fsp3) is 0.414. The summed E-state index contributed by atoms with van der Waals surface area (Å²) in [5.74, 6) is 0.484. The molecule has 12 heteroatoms. The molecule has 1 amide bonds. The Kier molecular flexibility index (Phi) is 6.23. The molecule has 2 aliphatic carbocycles. The van der Waals surface area contributed by atoms with E-state index in [-0.39, 0.29) is 17.5 Å². The van der Waals surface area contributed by atoms with Crippen LogP contribution in [0.4, 0.5) is 24.0 Å². The van der Waals surface area contributed by atoms with Gasteiger partial charge in [0.2, 0.25) is 5.91 Å². The first-order valence-electron chi connectivity index (χ1n) is 13.8. The number of benzene rings is 1. The van der Waals surface area contributed by atoms with Crippen molar-refractivity contribution in [3.05, 3.63) is 53.4 Å². The molecular formula is C29H28F3N5O3S. The van der Waals surface area contributed by atoms with E-state index in [1.54, 1.807) is 18.2 Å². The normalized spacial score (nSPS) is 20.4. The Bertz CT molecular complexity index is 1610. The van der Waals surface area contributed by atoms with Gasteiger partial charge in [-0.1, -0.05) is 30.6 Å². The van der Waals surface area contributed by atoms with Crippen molar-refractivity contribution in [1.82, 2.24) is 14.8 Å². The Hall–Kier alpha value is -3.64. The summed E-state index contributed by atoms with van der Waals surface area (Å²) < 4.78 is 56.9. The first kappa shape index (κ1) is 26.3. The number of halogens is 3. The molecule has 2 N–H and O–H groups in total. The Morgan fingerprint density at radius 3 is 2.66 bits per heavy atom. The van der Waals surface area contributed by atoms with E-state index in [0.29, 0.717) is 58.0 Å². The molecule has 214 valence electrons. The van der Waals surface area contributed by atoms with E-state index in [2.05, 4.69) is 15.6 Å². The Labute approximate surface area is 237 Å². The molecule has 0 bridgehead atoms. The lowest BCUT2D eigenvalue weighted by Gasteiger charge is -2.29. The van der Waals surface area contributed by atoms with Crippen LogP contribution in [0.1, 0.15) is 55.8 Å². The predicted molar refractivity (Wildman–Crippen MR) is 148 cm³/mol. The van der Waals surface area contributed by atoms with Crippen LogP contribution in [0.5, 0.6) is 0 Å². The third-order valence-corrected chi connectivity index (χ3v) is 9.17. The number of furan rings is 1. The zero-order valence-electron chi connectivity index (χ0n) is 22.3. The number of anilines is 2. The van der Waals surface area contributed by atoms with E-state index in [9.17, 15) is 18.0 Å². The maximum atomic E-state index is 14.7. The van der Waals surface area contributed by atoms with Crippen LogP contribution < -0.4 is 10.6 Å². The summed E-state index contributed by atoms with van der Waals surface area (Å²) in [5.41, 5.74) is 1.38. The zero-order valence-corrected chi connectivity index (χ0v) is 23.1. The first-order valence-corrected chi connectivity index (χ1v) is 14.6. The van der Waals surface area contributed by atoms with Gasteiger partial charge in [0.25, 0.3) is 0 Å². The van der Waals surface area contributed by atoms with Crippen LogP contribution >= 0.6 is 11.3 Å².